The van der Waals surface area contributed by atoms with E-state index in [2.05, 4.69) is 29.6 Å². The number of amides is 2. The maximum Gasteiger partial charge on any atom is 0.317 e. The fourth-order valence-corrected chi connectivity index (χ4v) is 4.06. The fourth-order valence-electron chi connectivity index (χ4n) is 4.06. The second-order valence-electron chi connectivity index (χ2n) is 7.31. The van der Waals surface area contributed by atoms with Crippen LogP contribution in [0.4, 0.5) is 4.79 Å². The van der Waals surface area contributed by atoms with E-state index < -0.39 is 0 Å². The molecule has 0 unspecified atom stereocenters. The van der Waals surface area contributed by atoms with Crippen molar-refractivity contribution < 1.29 is 9.90 Å². The summed E-state index contributed by atoms with van der Waals surface area (Å²) < 4.78 is 0. The minimum Gasteiger partial charge on any atom is -0.393 e. The van der Waals surface area contributed by atoms with Crippen LogP contribution in [-0.4, -0.2) is 42.3 Å². The fraction of sp³-hybridized carbons (Fsp3) is 0.632. The molecule has 3 rings (SSSR count). The van der Waals surface area contributed by atoms with Gasteiger partial charge in [0.2, 0.25) is 0 Å². The van der Waals surface area contributed by atoms with Crippen LogP contribution in [-0.2, 0) is 11.8 Å². The van der Waals surface area contributed by atoms with E-state index in [0.717, 1.165) is 6.54 Å². The van der Waals surface area contributed by atoms with Crippen LogP contribution in [0.1, 0.15) is 43.7 Å². The molecule has 1 aromatic rings. The number of hydrogen-bond acceptors (Lipinski definition) is 2. The van der Waals surface area contributed by atoms with E-state index in [1.54, 1.807) is 18.9 Å². The Labute approximate surface area is 138 Å². The normalized spacial score (nSPS) is 26.5. The lowest BCUT2D eigenvalue weighted by molar-refractivity contribution is 0.163. The quantitative estimate of drug-likeness (QED) is 0.877. The summed E-state index contributed by atoms with van der Waals surface area (Å²) in [6, 6.07) is 8.79. The molecule has 1 fully saturated rings. The minimum absolute atomic E-state index is 0.0307. The van der Waals surface area contributed by atoms with Gasteiger partial charge in [0.05, 0.1) is 6.10 Å². The highest BCUT2D eigenvalue weighted by molar-refractivity contribution is 5.73. The molecule has 126 valence electrons. The van der Waals surface area contributed by atoms with Gasteiger partial charge >= 0.3 is 6.03 Å². The number of fused-ring (bicyclic) bond motifs is 2. The van der Waals surface area contributed by atoms with Gasteiger partial charge in [-0.05, 0) is 56.1 Å². The Morgan fingerprint density at radius 2 is 2.26 bits per heavy atom. The molecule has 0 aliphatic heterocycles. The predicted molar refractivity (Wildman–Crippen MR) is 91.5 cm³/mol. The minimum atomic E-state index is -0.365. The summed E-state index contributed by atoms with van der Waals surface area (Å²) in [5, 5.41) is 12.4. The van der Waals surface area contributed by atoms with E-state index >= 15 is 0 Å². The van der Waals surface area contributed by atoms with Gasteiger partial charge in [-0.1, -0.05) is 24.3 Å². The highest BCUT2D eigenvalue weighted by Crippen LogP contribution is 2.59. The SMILES string of the molecule is C[C@H](O)CCN(C)C(=O)NC[C@H]1C[C@@]12CCCc1ccccc12. The van der Waals surface area contributed by atoms with Crippen LogP contribution >= 0.6 is 0 Å². The van der Waals surface area contributed by atoms with E-state index in [1.807, 2.05) is 0 Å². The summed E-state index contributed by atoms with van der Waals surface area (Å²) in [6.45, 7) is 3.09. The van der Waals surface area contributed by atoms with Crippen molar-refractivity contribution in [3.8, 4) is 0 Å². The number of benzene rings is 1. The van der Waals surface area contributed by atoms with E-state index in [-0.39, 0.29) is 12.1 Å². The maximum absolute atomic E-state index is 12.1. The molecule has 0 heterocycles. The number of nitrogens with one attached hydrogen (secondary N) is 1. The zero-order valence-electron chi connectivity index (χ0n) is 14.2. The lowest BCUT2D eigenvalue weighted by Crippen LogP contribution is -2.40. The third kappa shape index (κ3) is 3.37. The molecule has 3 atom stereocenters. The number of hydrogen-bond donors (Lipinski definition) is 2. The molecule has 4 heteroatoms. The topological polar surface area (TPSA) is 52.6 Å². The molecule has 1 aromatic carbocycles. The average Bonchev–Trinajstić information content (AvgIpc) is 3.24. The molecule has 1 spiro atoms. The number of carbonyl (C=O) groups excluding carboxylic acids is 1. The molecular weight excluding hydrogens is 288 g/mol. The van der Waals surface area contributed by atoms with Crippen molar-refractivity contribution in [2.45, 2.75) is 50.5 Å². The van der Waals surface area contributed by atoms with Crippen LogP contribution in [0.25, 0.3) is 0 Å². The van der Waals surface area contributed by atoms with Gasteiger partial charge < -0.3 is 15.3 Å². The monoisotopic (exact) mass is 316 g/mol. The smallest absolute Gasteiger partial charge is 0.317 e. The van der Waals surface area contributed by atoms with Gasteiger partial charge in [0, 0.05) is 25.6 Å². The zero-order chi connectivity index (χ0) is 16.4. The summed E-state index contributed by atoms with van der Waals surface area (Å²) in [5.41, 5.74) is 3.34. The summed E-state index contributed by atoms with van der Waals surface area (Å²) >= 11 is 0. The number of aliphatic hydroxyl groups excluding tert-OH is 1. The van der Waals surface area contributed by atoms with Crippen LogP contribution in [0.5, 0.6) is 0 Å². The number of aliphatic hydroxyl groups is 1. The Morgan fingerprint density at radius 3 is 3.04 bits per heavy atom. The first kappa shape index (κ1) is 16.3. The van der Waals surface area contributed by atoms with Crippen molar-refractivity contribution in [2.24, 2.45) is 5.92 Å². The van der Waals surface area contributed by atoms with E-state index in [4.69, 9.17) is 0 Å². The molecule has 2 aliphatic rings. The Bertz CT molecular complexity index is 572. The highest BCUT2D eigenvalue weighted by Gasteiger charge is 2.56. The first-order chi connectivity index (χ1) is 11.0. The largest absolute Gasteiger partial charge is 0.393 e. The molecule has 2 amide bonds. The van der Waals surface area contributed by atoms with Gasteiger partial charge in [-0.25, -0.2) is 4.79 Å². The van der Waals surface area contributed by atoms with E-state index in [0.29, 0.717) is 24.3 Å². The standard InChI is InChI=1S/C19H28N2O2/c1-14(22)9-11-21(2)18(23)20-13-16-12-19(16)10-5-7-15-6-3-4-8-17(15)19/h3-4,6,8,14,16,22H,5,7,9-13H2,1-2H3,(H,20,23)/t14-,16+,19-/m0/s1. The number of nitrogens with zero attached hydrogens (tertiary/aromatic N) is 1. The Balaban J connectivity index is 1.53. The molecule has 1 saturated carbocycles. The van der Waals surface area contributed by atoms with Crippen LogP contribution in [0, 0.1) is 5.92 Å². The van der Waals surface area contributed by atoms with Gasteiger partial charge in [-0.3, -0.25) is 0 Å². The molecule has 23 heavy (non-hydrogen) atoms. The summed E-state index contributed by atoms with van der Waals surface area (Å²) in [5.74, 6) is 0.568. The Hall–Kier alpha value is -1.55. The summed E-state index contributed by atoms with van der Waals surface area (Å²) in [4.78, 5) is 13.8. The van der Waals surface area contributed by atoms with Gasteiger partial charge in [-0.15, -0.1) is 0 Å². The first-order valence-electron chi connectivity index (χ1n) is 8.78. The third-order valence-electron chi connectivity index (χ3n) is 5.58. The third-order valence-corrected chi connectivity index (χ3v) is 5.58. The molecular formula is C19H28N2O2. The Kier molecular flexibility index (Phi) is 4.62. The molecule has 0 aromatic heterocycles. The molecule has 0 saturated heterocycles. The lowest BCUT2D eigenvalue weighted by Gasteiger charge is -2.27. The van der Waals surface area contributed by atoms with E-state index in [1.165, 1.54) is 36.8 Å². The molecule has 0 bridgehead atoms. The van der Waals surface area contributed by atoms with Gasteiger partial charge in [0.1, 0.15) is 0 Å². The van der Waals surface area contributed by atoms with Gasteiger partial charge in [-0.2, -0.15) is 0 Å². The zero-order valence-corrected chi connectivity index (χ0v) is 14.2. The Morgan fingerprint density at radius 1 is 1.48 bits per heavy atom. The molecule has 0 radical (unpaired) electrons. The lowest BCUT2D eigenvalue weighted by atomic mass is 9.78. The second kappa shape index (κ2) is 6.52. The van der Waals surface area contributed by atoms with Crippen molar-refractivity contribution in [3.63, 3.8) is 0 Å². The van der Waals surface area contributed by atoms with Crippen LogP contribution < -0.4 is 5.32 Å². The van der Waals surface area contributed by atoms with Crippen molar-refractivity contribution in [2.75, 3.05) is 20.1 Å². The number of carbonyl (C=O) groups is 1. The van der Waals surface area contributed by atoms with Crippen LogP contribution in [0.2, 0.25) is 0 Å². The average molecular weight is 316 g/mol. The van der Waals surface area contributed by atoms with E-state index in [9.17, 15) is 9.90 Å². The first-order valence-corrected chi connectivity index (χ1v) is 8.78. The van der Waals surface area contributed by atoms with Crippen molar-refractivity contribution >= 4 is 6.03 Å². The van der Waals surface area contributed by atoms with Gasteiger partial charge in [0.25, 0.3) is 0 Å². The van der Waals surface area contributed by atoms with Crippen molar-refractivity contribution in [3.05, 3.63) is 35.4 Å². The summed E-state index contributed by atoms with van der Waals surface area (Å²) in [7, 11) is 1.79. The van der Waals surface area contributed by atoms with Crippen molar-refractivity contribution in [1.82, 2.24) is 10.2 Å². The number of aryl methyl sites for hydroxylation is 1. The summed E-state index contributed by atoms with van der Waals surface area (Å²) in [6.07, 6.45) is 5.15. The number of rotatable bonds is 5. The maximum atomic E-state index is 12.1. The molecule has 2 aliphatic carbocycles. The molecule has 2 N–H and O–H groups in total. The molecule has 4 nitrogen and oxygen atoms in total. The second-order valence-corrected chi connectivity index (χ2v) is 7.31. The number of urea groups is 1. The highest BCUT2D eigenvalue weighted by atomic mass is 16.3. The van der Waals surface area contributed by atoms with Crippen LogP contribution in [0.15, 0.2) is 24.3 Å². The van der Waals surface area contributed by atoms with Gasteiger partial charge in [0.15, 0.2) is 0 Å². The van der Waals surface area contributed by atoms with Crippen LogP contribution in [0.3, 0.4) is 0 Å². The van der Waals surface area contributed by atoms with Crippen molar-refractivity contribution in [1.29, 1.82) is 0 Å². The predicted octanol–water partition coefficient (Wildman–Crippen LogP) is 2.69.